The molecule has 1 atom stereocenters. The molecule has 0 saturated carbocycles. The molecule has 0 fully saturated rings. The lowest BCUT2D eigenvalue weighted by molar-refractivity contribution is 0.534. The zero-order chi connectivity index (χ0) is 11.1. The molecule has 0 spiro atoms. The monoisotopic (exact) mass is 232 g/mol. The lowest BCUT2D eigenvalue weighted by Gasteiger charge is -2.15. The zero-order valence-corrected chi connectivity index (χ0v) is 10.1. The van der Waals surface area contributed by atoms with Crippen LogP contribution in [0.3, 0.4) is 0 Å². The first-order valence-electron chi connectivity index (χ1n) is 5.60. The van der Waals surface area contributed by atoms with Crippen molar-refractivity contribution in [1.29, 1.82) is 0 Å². The Balaban J connectivity index is 2.42. The molecular weight excluding hydrogens is 219 g/mol. The van der Waals surface area contributed by atoms with Crippen LogP contribution in [0.2, 0.25) is 0 Å². The van der Waals surface area contributed by atoms with Gasteiger partial charge in [0.2, 0.25) is 0 Å². The van der Waals surface area contributed by atoms with Gasteiger partial charge in [-0.2, -0.15) is 0 Å². The van der Waals surface area contributed by atoms with Gasteiger partial charge in [0.05, 0.1) is 0 Å². The van der Waals surface area contributed by atoms with Crippen LogP contribution in [0.15, 0.2) is 27.4 Å². The van der Waals surface area contributed by atoms with Crippen LogP contribution < -0.4 is 10.9 Å². The first-order valence-corrected chi connectivity index (χ1v) is 6.17. The molecule has 0 saturated heterocycles. The van der Waals surface area contributed by atoms with Gasteiger partial charge in [-0.3, -0.25) is 0 Å². The topological polar surface area (TPSA) is 30.2 Å². The Labute approximate surface area is 95.9 Å². The van der Waals surface area contributed by atoms with Gasteiger partial charge in [0, 0.05) is 10.9 Å². The lowest BCUT2D eigenvalue weighted by atomic mass is 9.91. The Hall–Kier alpha value is -1.14. The number of rotatable bonds is 0. The summed E-state index contributed by atoms with van der Waals surface area (Å²) in [5.74, 6) is 0. The van der Waals surface area contributed by atoms with Crippen LogP contribution in [0, 0.1) is 0 Å². The lowest BCUT2D eigenvalue weighted by Crippen LogP contribution is -2.16. The van der Waals surface area contributed by atoms with E-state index in [1.54, 1.807) is 0 Å². The van der Waals surface area contributed by atoms with Gasteiger partial charge >= 0.3 is 5.63 Å². The van der Waals surface area contributed by atoms with Crippen molar-refractivity contribution in [3.05, 3.63) is 39.7 Å². The molecule has 1 aliphatic carbocycles. The van der Waals surface area contributed by atoms with Crippen molar-refractivity contribution in [3.63, 3.8) is 0 Å². The van der Waals surface area contributed by atoms with Gasteiger partial charge in [0.1, 0.15) is 5.58 Å². The van der Waals surface area contributed by atoms with E-state index in [9.17, 15) is 4.79 Å². The number of aryl methyl sites for hydroxylation is 1. The molecule has 1 aromatic heterocycles. The van der Waals surface area contributed by atoms with E-state index in [1.165, 1.54) is 12.0 Å². The van der Waals surface area contributed by atoms with Crippen molar-refractivity contribution in [1.82, 2.24) is 0 Å². The first-order chi connectivity index (χ1) is 7.75. The number of fused-ring (bicyclic) bond motifs is 3. The van der Waals surface area contributed by atoms with Gasteiger partial charge in [-0.05, 0) is 42.6 Å². The van der Waals surface area contributed by atoms with Crippen LogP contribution in [-0.2, 0) is 12.8 Å². The zero-order valence-electron chi connectivity index (χ0n) is 8.95. The molecule has 0 radical (unpaired) electrons. The molecule has 0 N–H and O–H groups in total. The van der Waals surface area contributed by atoms with E-state index >= 15 is 0 Å². The SMILES string of the molecule is O=c1oc2cc(P)ccc2c2c1CCCC2. The number of hydrogen-bond acceptors (Lipinski definition) is 2. The highest BCUT2D eigenvalue weighted by Gasteiger charge is 2.17. The Morgan fingerprint density at radius 3 is 2.69 bits per heavy atom. The van der Waals surface area contributed by atoms with Gasteiger partial charge in [-0.25, -0.2) is 4.79 Å². The van der Waals surface area contributed by atoms with Gasteiger partial charge < -0.3 is 4.42 Å². The summed E-state index contributed by atoms with van der Waals surface area (Å²) in [5.41, 5.74) is 2.69. The molecule has 1 heterocycles. The molecule has 2 nitrogen and oxygen atoms in total. The number of benzene rings is 1. The summed E-state index contributed by atoms with van der Waals surface area (Å²) < 4.78 is 5.37. The van der Waals surface area contributed by atoms with Crippen LogP contribution in [0.4, 0.5) is 0 Å². The van der Waals surface area contributed by atoms with Crippen LogP contribution in [0.5, 0.6) is 0 Å². The largest absolute Gasteiger partial charge is 0.422 e. The van der Waals surface area contributed by atoms with E-state index in [2.05, 4.69) is 15.3 Å². The van der Waals surface area contributed by atoms with Gasteiger partial charge in [0.25, 0.3) is 0 Å². The molecule has 82 valence electrons. The molecule has 3 rings (SSSR count). The summed E-state index contributed by atoms with van der Waals surface area (Å²) >= 11 is 0. The van der Waals surface area contributed by atoms with Crippen LogP contribution >= 0.6 is 9.24 Å². The third-order valence-electron chi connectivity index (χ3n) is 3.25. The van der Waals surface area contributed by atoms with Crippen LogP contribution in [0.25, 0.3) is 11.0 Å². The molecule has 2 aromatic rings. The summed E-state index contributed by atoms with van der Waals surface area (Å²) in [6.45, 7) is 0. The van der Waals surface area contributed by atoms with E-state index in [4.69, 9.17) is 4.42 Å². The van der Waals surface area contributed by atoms with Crippen molar-refractivity contribution in [2.45, 2.75) is 25.7 Å². The molecule has 1 aliphatic rings. The summed E-state index contributed by atoms with van der Waals surface area (Å²) in [6, 6.07) is 6.02. The van der Waals surface area contributed by atoms with E-state index in [0.29, 0.717) is 0 Å². The maximum Gasteiger partial charge on any atom is 0.339 e. The second kappa shape index (κ2) is 3.71. The predicted octanol–water partition coefficient (Wildman–Crippen LogP) is 2.17. The summed E-state index contributed by atoms with van der Waals surface area (Å²) in [4.78, 5) is 11.8. The average molecular weight is 232 g/mol. The Bertz CT molecular complexity index is 613. The van der Waals surface area contributed by atoms with E-state index in [0.717, 1.165) is 41.1 Å². The third-order valence-corrected chi connectivity index (χ3v) is 3.61. The Morgan fingerprint density at radius 1 is 1.12 bits per heavy atom. The highest BCUT2D eigenvalue weighted by molar-refractivity contribution is 7.27. The molecule has 3 heteroatoms. The minimum absolute atomic E-state index is 0.141. The predicted molar refractivity (Wildman–Crippen MR) is 68.5 cm³/mol. The van der Waals surface area contributed by atoms with E-state index < -0.39 is 0 Å². The van der Waals surface area contributed by atoms with E-state index in [1.807, 2.05) is 12.1 Å². The minimum atomic E-state index is -0.141. The highest BCUT2D eigenvalue weighted by atomic mass is 31.0. The fourth-order valence-electron chi connectivity index (χ4n) is 2.46. The standard InChI is InChI=1S/C13H13O2P/c14-13-11-4-2-1-3-9(11)10-6-5-8(16)7-12(10)15-13/h5-7H,1-4,16H2. The molecule has 0 aliphatic heterocycles. The van der Waals surface area contributed by atoms with Crippen molar-refractivity contribution >= 4 is 25.5 Å². The maximum atomic E-state index is 11.8. The fraction of sp³-hybridized carbons (Fsp3) is 0.308. The normalized spacial score (nSPS) is 15.1. The average Bonchev–Trinajstić information content (AvgIpc) is 2.29. The summed E-state index contributed by atoms with van der Waals surface area (Å²) in [5, 5.41) is 2.16. The highest BCUT2D eigenvalue weighted by Crippen LogP contribution is 2.26. The smallest absolute Gasteiger partial charge is 0.339 e. The molecule has 0 bridgehead atoms. The maximum absolute atomic E-state index is 11.8. The van der Waals surface area contributed by atoms with E-state index in [-0.39, 0.29) is 5.63 Å². The quantitative estimate of drug-likeness (QED) is 0.514. The molecule has 1 unspecified atom stereocenters. The number of hydrogen-bond donors (Lipinski definition) is 0. The Morgan fingerprint density at radius 2 is 1.88 bits per heavy atom. The summed E-state index contributed by atoms with van der Waals surface area (Å²) in [6.07, 6.45) is 4.16. The fourth-order valence-corrected chi connectivity index (χ4v) is 2.71. The van der Waals surface area contributed by atoms with Gasteiger partial charge in [-0.1, -0.05) is 12.1 Å². The molecular formula is C13H13O2P. The van der Waals surface area contributed by atoms with Gasteiger partial charge in [-0.15, -0.1) is 9.24 Å². The molecule has 0 amide bonds. The van der Waals surface area contributed by atoms with Crippen molar-refractivity contribution in [3.8, 4) is 0 Å². The Kier molecular flexibility index (Phi) is 2.33. The van der Waals surface area contributed by atoms with Crippen molar-refractivity contribution < 1.29 is 4.42 Å². The first kappa shape index (κ1) is 10.0. The minimum Gasteiger partial charge on any atom is -0.422 e. The van der Waals surface area contributed by atoms with Crippen LogP contribution in [0.1, 0.15) is 24.0 Å². The molecule has 1 aromatic carbocycles. The third kappa shape index (κ3) is 1.49. The molecule has 16 heavy (non-hydrogen) atoms. The second-order valence-electron chi connectivity index (χ2n) is 4.31. The van der Waals surface area contributed by atoms with Crippen molar-refractivity contribution in [2.24, 2.45) is 0 Å². The van der Waals surface area contributed by atoms with Crippen molar-refractivity contribution in [2.75, 3.05) is 0 Å². The second-order valence-corrected chi connectivity index (χ2v) is 4.98. The van der Waals surface area contributed by atoms with Gasteiger partial charge in [0.15, 0.2) is 0 Å². The van der Waals surface area contributed by atoms with Crippen LogP contribution in [-0.4, -0.2) is 0 Å². The summed E-state index contributed by atoms with van der Waals surface area (Å²) in [7, 11) is 2.63.